The highest BCUT2D eigenvalue weighted by atomic mass is 32.2. The molecule has 132 valence electrons. The molecule has 0 spiro atoms. The Balaban J connectivity index is 1.53. The summed E-state index contributed by atoms with van der Waals surface area (Å²) in [7, 11) is 0. The fraction of sp³-hybridized carbons (Fsp3) is 0.389. The Labute approximate surface area is 152 Å². The maximum atomic E-state index is 12.2. The van der Waals surface area contributed by atoms with E-state index in [2.05, 4.69) is 14.9 Å². The lowest BCUT2D eigenvalue weighted by Gasteiger charge is -2.34. The third kappa shape index (κ3) is 4.63. The second kappa shape index (κ2) is 8.20. The van der Waals surface area contributed by atoms with Gasteiger partial charge in [0.2, 0.25) is 0 Å². The lowest BCUT2D eigenvalue weighted by molar-refractivity contribution is 0.0941. The number of carbonyl (C=O) groups is 1. The Morgan fingerprint density at radius 2 is 1.88 bits per heavy atom. The zero-order chi connectivity index (χ0) is 17.6. The van der Waals surface area contributed by atoms with Crippen molar-refractivity contribution in [2.45, 2.75) is 18.7 Å². The van der Waals surface area contributed by atoms with Gasteiger partial charge in [0, 0.05) is 37.9 Å². The normalized spacial score (nSPS) is 14.5. The molecule has 7 heteroatoms. The summed E-state index contributed by atoms with van der Waals surface area (Å²) in [5.74, 6) is 0.925. The molecule has 0 bridgehead atoms. The molecule has 1 amide bonds. The predicted octanol–water partition coefficient (Wildman–Crippen LogP) is 2.97. The van der Waals surface area contributed by atoms with Gasteiger partial charge in [0.15, 0.2) is 5.16 Å². The van der Waals surface area contributed by atoms with Crippen molar-refractivity contribution in [2.75, 3.05) is 37.3 Å². The number of ether oxygens (including phenoxy) is 1. The molecule has 1 aromatic heterocycles. The van der Waals surface area contributed by atoms with Crippen LogP contribution in [0.15, 0.2) is 41.6 Å². The molecular weight excluding hydrogens is 336 g/mol. The van der Waals surface area contributed by atoms with Crippen LogP contribution >= 0.6 is 11.8 Å². The van der Waals surface area contributed by atoms with Gasteiger partial charge in [-0.1, -0.05) is 42.1 Å². The van der Waals surface area contributed by atoms with Crippen LogP contribution in [0.1, 0.15) is 11.3 Å². The van der Waals surface area contributed by atoms with Gasteiger partial charge >= 0.3 is 6.09 Å². The van der Waals surface area contributed by atoms with Crippen LogP contribution in [-0.2, 0) is 11.3 Å². The van der Waals surface area contributed by atoms with E-state index in [-0.39, 0.29) is 6.09 Å². The van der Waals surface area contributed by atoms with Crippen molar-refractivity contribution >= 4 is 23.7 Å². The molecular formula is C18H22N4O2S. The van der Waals surface area contributed by atoms with Crippen molar-refractivity contribution in [1.82, 2.24) is 14.9 Å². The molecule has 25 heavy (non-hydrogen) atoms. The maximum Gasteiger partial charge on any atom is 0.410 e. The Morgan fingerprint density at radius 3 is 2.56 bits per heavy atom. The minimum atomic E-state index is -0.257. The van der Waals surface area contributed by atoms with E-state index in [0.717, 1.165) is 35.3 Å². The summed E-state index contributed by atoms with van der Waals surface area (Å²) in [5.41, 5.74) is 1.95. The average molecular weight is 358 g/mol. The minimum Gasteiger partial charge on any atom is -0.445 e. The van der Waals surface area contributed by atoms with Crippen molar-refractivity contribution in [1.29, 1.82) is 0 Å². The third-order valence-electron chi connectivity index (χ3n) is 4.07. The zero-order valence-electron chi connectivity index (χ0n) is 14.5. The van der Waals surface area contributed by atoms with E-state index in [0.29, 0.717) is 19.7 Å². The number of hydrogen-bond donors (Lipinski definition) is 0. The van der Waals surface area contributed by atoms with Crippen LogP contribution in [0.2, 0.25) is 0 Å². The Bertz CT molecular complexity index is 718. The Kier molecular flexibility index (Phi) is 5.75. The molecule has 0 radical (unpaired) electrons. The molecule has 6 nitrogen and oxygen atoms in total. The van der Waals surface area contributed by atoms with E-state index in [1.807, 2.05) is 49.6 Å². The van der Waals surface area contributed by atoms with Crippen LogP contribution in [-0.4, -0.2) is 53.4 Å². The average Bonchev–Trinajstić information content (AvgIpc) is 2.66. The number of anilines is 1. The molecule has 0 saturated carbocycles. The highest BCUT2D eigenvalue weighted by molar-refractivity contribution is 7.98. The van der Waals surface area contributed by atoms with Crippen molar-refractivity contribution in [2.24, 2.45) is 0 Å². The molecule has 1 saturated heterocycles. The number of aromatic nitrogens is 2. The molecule has 2 aromatic rings. The highest BCUT2D eigenvalue weighted by Crippen LogP contribution is 2.19. The van der Waals surface area contributed by atoms with E-state index in [1.54, 1.807) is 4.90 Å². The SMILES string of the molecule is CSc1nc(C)cc(N2CCN(C(=O)OCc3ccccc3)CC2)n1. The quantitative estimate of drug-likeness (QED) is 0.619. The van der Waals surface area contributed by atoms with E-state index in [4.69, 9.17) is 4.74 Å². The van der Waals surface area contributed by atoms with Crippen LogP contribution < -0.4 is 4.90 Å². The molecule has 1 aliphatic heterocycles. The first kappa shape index (κ1) is 17.5. The first-order valence-electron chi connectivity index (χ1n) is 8.26. The van der Waals surface area contributed by atoms with Gasteiger partial charge in [0.05, 0.1) is 0 Å². The number of carbonyl (C=O) groups excluding carboxylic acids is 1. The number of amides is 1. The number of benzene rings is 1. The standard InChI is InChI=1S/C18H22N4O2S/c1-14-12-16(20-17(19-14)25-2)21-8-10-22(11-9-21)18(23)24-13-15-6-4-3-5-7-15/h3-7,12H,8-11,13H2,1-2H3. The molecule has 2 heterocycles. The lowest BCUT2D eigenvalue weighted by Crippen LogP contribution is -2.49. The molecule has 0 atom stereocenters. The summed E-state index contributed by atoms with van der Waals surface area (Å²) in [5, 5.41) is 0.778. The summed E-state index contributed by atoms with van der Waals surface area (Å²) in [4.78, 5) is 25.1. The molecule has 1 aromatic carbocycles. The maximum absolute atomic E-state index is 12.2. The Hall–Kier alpha value is -2.28. The number of rotatable bonds is 4. The van der Waals surface area contributed by atoms with Crippen LogP contribution in [0.4, 0.5) is 10.6 Å². The monoisotopic (exact) mass is 358 g/mol. The fourth-order valence-corrected chi connectivity index (χ4v) is 3.13. The van der Waals surface area contributed by atoms with Gasteiger partial charge in [0.25, 0.3) is 0 Å². The topological polar surface area (TPSA) is 58.6 Å². The smallest absolute Gasteiger partial charge is 0.410 e. The molecule has 0 aliphatic carbocycles. The first-order valence-corrected chi connectivity index (χ1v) is 9.48. The summed E-state index contributed by atoms with van der Waals surface area (Å²) < 4.78 is 5.40. The number of thioether (sulfide) groups is 1. The highest BCUT2D eigenvalue weighted by Gasteiger charge is 2.23. The summed E-state index contributed by atoms with van der Waals surface area (Å²) >= 11 is 1.54. The first-order chi connectivity index (χ1) is 12.2. The van der Waals surface area contributed by atoms with E-state index in [1.165, 1.54) is 11.8 Å². The Morgan fingerprint density at radius 1 is 1.16 bits per heavy atom. The zero-order valence-corrected chi connectivity index (χ0v) is 15.3. The third-order valence-corrected chi connectivity index (χ3v) is 4.62. The van der Waals surface area contributed by atoms with Crippen molar-refractivity contribution in [3.05, 3.63) is 47.7 Å². The number of hydrogen-bond acceptors (Lipinski definition) is 6. The number of piperazine rings is 1. The lowest BCUT2D eigenvalue weighted by atomic mass is 10.2. The second-order valence-corrected chi connectivity index (χ2v) is 6.64. The molecule has 1 fully saturated rings. The van der Waals surface area contributed by atoms with Gasteiger partial charge in [-0.05, 0) is 18.7 Å². The minimum absolute atomic E-state index is 0.257. The molecule has 0 N–H and O–H groups in total. The number of nitrogens with zero attached hydrogens (tertiary/aromatic N) is 4. The van der Waals surface area contributed by atoms with Crippen LogP contribution in [0.25, 0.3) is 0 Å². The molecule has 1 aliphatic rings. The summed E-state index contributed by atoms with van der Waals surface area (Å²) in [6.07, 6.45) is 1.71. The second-order valence-electron chi connectivity index (χ2n) is 5.87. The van der Waals surface area contributed by atoms with Crippen molar-refractivity contribution in [3.8, 4) is 0 Å². The van der Waals surface area contributed by atoms with Crippen molar-refractivity contribution in [3.63, 3.8) is 0 Å². The summed E-state index contributed by atoms with van der Waals surface area (Å²) in [6, 6.07) is 11.7. The molecule has 3 rings (SSSR count). The van der Waals surface area contributed by atoms with Gasteiger partial charge in [0.1, 0.15) is 12.4 Å². The van der Waals surface area contributed by atoms with Crippen LogP contribution in [0.3, 0.4) is 0 Å². The summed E-state index contributed by atoms with van der Waals surface area (Å²) in [6.45, 7) is 5.02. The molecule has 0 unspecified atom stereocenters. The van der Waals surface area contributed by atoms with Gasteiger partial charge in [-0.2, -0.15) is 0 Å². The van der Waals surface area contributed by atoms with Crippen LogP contribution in [0, 0.1) is 6.92 Å². The number of aryl methyl sites for hydroxylation is 1. The fourth-order valence-electron chi connectivity index (χ4n) is 2.71. The van der Waals surface area contributed by atoms with Crippen LogP contribution in [0.5, 0.6) is 0 Å². The van der Waals surface area contributed by atoms with Gasteiger partial charge in [-0.3, -0.25) is 0 Å². The van der Waals surface area contributed by atoms with Gasteiger partial charge in [-0.15, -0.1) is 0 Å². The van der Waals surface area contributed by atoms with E-state index >= 15 is 0 Å². The predicted molar refractivity (Wildman–Crippen MR) is 99.0 cm³/mol. The largest absolute Gasteiger partial charge is 0.445 e. The van der Waals surface area contributed by atoms with E-state index < -0.39 is 0 Å². The van der Waals surface area contributed by atoms with Crippen molar-refractivity contribution < 1.29 is 9.53 Å². The van der Waals surface area contributed by atoms with Gasteiger partial charge < -0.3 is 14.5 Å². The van der Waals surface area contributed by atoms with E-state index in [9.17, 15) is 4.79 Å². The van der Waals surface area contributed by atoms with Gasteiger partial charge in [-0.25, -0.2) is 14.8 Å².